The maximum Gasteiger partial charge on any atom is 0.150 e. The monoisotopic (exact) mass is 247 g/mol. The maximum atomic E-state index is 11.7. The summed E-state index contributed by atoms with van der Waals surface area (Å²) in [5.41, 5.74) is 0. The summed E-state index contributed by atoms with van der Waals surface area (Å²) >= 11 is 0. The third-order valence-corrected chi connectivity index (χ3v) is 5.06. The standard InChI is InChI=1S/C11H21NO3S/c1-3-5-16(14,15)6-4-11(13)9(2)10-7-12-8-10/h9-10,12H,3-8H2,1-2H3. The van der Waals surface area contributed by atoms with E-state index in [1.807, 2.05) is 13.8 Å². The van der Waals surface area contributed by atoms with Crippen LogP contribution in [0.3, 0.4) is 0 Å². The van der Waals surface area contributed by atoms with E-state index in [4.69, 9.17) is 0 Å². The van der Waals surface area contributed by atoms with Gasteiger partial charge in [-0.15, -0.1) is 0 Å². The fourth-order valence-corrected chi connectivity index (χ4v) is 3.16. The van der Waals surface area contributed by atoms with E-state index in [1.165, 1.54) is 0 Å². The van der Waals surface area contributed by atoms with E-state index in [1.54, 1.807) is 0 Å². The molecule has 1 rings (SSSR count). The number of nitrogens with one attached hydrogen (secondary N) is 1. The summed E-state index contributed by atoms with van der Waals surface area (Å²) in [6.07, 6.45) is 0.804. The second-order valence-electron chi connectivity index (χ2n) is 4.58. The number of ketones is 1. The number of carbonyl (C=O) groups excluding carboxylic acids is 1. The van der Waals surface area contributed by atoms with Crippen LogP contribution in [0.25, 0.3) is 0 Å². The Hall–Kier alpha value is -0.420. The Labute approximate surface area is 97.7 Å². The van der Waals surface area contributed by atoms with Gasteiger partial charge >= 0.3 is 0 Å². The van der Waals surface area contributed by atoms with Crippen LogP contribution in [0.4, 0.5) is 0 Å². The topological polar surface area (TPSA) is 63.2 Å². The highest BCUT2D eigenvalue weighted by molar-refractivity contribution is 7.91. The Morgan fingerprint density at radius 3 is 2.44 bits per heavy atom. The van der Waals surface area contributed by atoms with Gasteiger partial charge in [0.25, 0.3) is 0 Å². The van der Waals surface area contributed by atoms with Crippen molar-refractivity contribution in [1.82, 2.24) is 5.32 Å². The van der Waals surface area contributed by atoms with Crippen LogP contribution in [-0.2, 0) is 14.6 Å². The zero-order chi connectivity index (χ0) is 12.2. The summed E-state index contributed by atoms with van der Waals surface area (Å²) in [6, 6.07) is 0. The van der Waals surface area contributed by atoms with E-state index in [2.05, 4.69) is 5.32 Å². The van der Waals surface area contributed by atoms with Gasteiger partial charge in [0.05, 0.1) is 5.75 Å². The van der Waals surface area contributed by atoms with Gasteiger partial charge in [-0.05, 0) is 25.4 Å². The minimum atomic E-state index is -3.01. The molecule has 1 unspecified atom stereocenters. The zero-order valence-electron chi connectivity index (χ0n) is 10.0. The number of hydrogen-bond acceptors (Lipinski definition) is 4. The molecule has 1 N–H and O–H groups in total. The van der Waals surface area contributed by atoms with Crippen molar-refractivity contribution in [3.63, 3.8) is 0 Å². The second kappa shape index (κ2) is 5.77. The molecule has 0 spiro atoms. The van der Waals surface area contributed by atoms with E-state index in [9.17, 15) is 13.2 Å². The molecule has 0 aromatic heterocycles. The molecular weight excluding hydrogens is 226 g/mol. The number of hydrogen-bond donors (Lipinski definition) is 1. The van der Waals surface area contributed by atoms with Crippen LogP contribution < -0.4 is 5.32 Å². The summed E-state index contributed by atoms with van der Waals surface area (Å²) in [4.78, 5) is 11.7. The zero-order valence-corrected chi connectivity index (χ0v) is 10.8. The smallest absolute Gasteiger partial charge is 0.150 e. The van der Waals surface area contributed by atoms with Gasteiger partial charge in [0.1, 0.15) is 5.78 Å². The second-order valence-corrected chi connectivity index (χ2v) is 6.88. The Bertz CT molecular complexity index is 333. The molecule has 16 heavy (non-hydrogen) atoms. The van der Waals surface area contributed by atoms with Crippen LogP contribution in [0.15, 0.2) is 0 Å². The number of Topliss-reactive ketones (excluding diaryl/α,β-unsaturated/α-hetero) is 1. The molecule has 0 aliphatic carbocycles. The first-order valence-corrected chi connectivity index (χ1v) is 7.72. The van der Waals surface area contributed by atoms with Gasteiger partial charge in [0.15, 0.2) is 9.84 Å². The first-order chi connectivity index (χ1) is 7.46. The van der Waals surface area contributed by atoms with Gasteiger partial charge in [0.2, 0.25) is 0 Å². The number of sulfone groups is 1. The normalized spacial score (nSPS) is 19.1. The maximum absolute atomic E-state index is 11.7. The van der Waals surface area contributed by atoms with Crippen LogP contribution in [0.2, 0.25) is 0 Å². The van der Waals surface area contributed by atoms with E-state index in [0.29, 0.717) is 12.3 Å². The minimum Gasteiger partial charge on any atom is -0.316 e. The van der Waals surface area contributed by atoms with Crippen LogP contribution in [0, 0.1) is 11.8 Å². The lowest BCUT2D eigenvalue weighted by atomic mass is 9.85. The average Bonchev–Trinajstić information content (AvgIpc) is 2.11. The lowest BCUT2D eigenvalue weighted by Crippen LogP contribution is -2.47. The molecule has 1 atom stereocenters. The first kappa shape index (κ1) is 13.6. The van der Waals surface area contributed by atoms with Gasteiger partial charge in [0, 0.05) is 18.1 Å². The largest absolute Gasteiger partial charge is 0.316 e. The van der Waals surface area contributed by atoms with Crippen molar-refractivity contribution in [2.24, 2.45) is 11.8 Å². The Morgan fingerprint density at radius 2 is 2.00 bits per heavy atom. The van der Waals surface area contributed by atoms with Gasteiger partial charge in [-0.2, -0.15) is 0 Å². The van der Waals surface area contributed by atoms with E-state index >= 15 is 0 Å². The number of carbonyl (C=O) groups is 1. The summed E-state index contributed by atoms with van der Waals surface area (Å²) in [6.45, 7) is 5.51. The van der Waals surface area contributed by atoms with Gasteiger partial charge < -0.3 is 5.32 Å². The molecule has 0 aromatic carbocycles. The van der Waals surface area contributed by atoms with Crippen LogP contribution in [0.5, 0.6) is 0 Å². The summed E-state index contributed by atoms with van der Waals surface area (Å²) < 4.78 is 22.9. The van der Waals surface area contributed by atoms with Crippen molar-refractivity contribution in [3.05, 3.63) is 0 Å². The Morgan fingerprint density at radius 1 is 1.38 bits per heavy atom. The van der Waals surface area contributed by atoms with Gasteiger partial charge in [-0.25, -0.2) is 8.42 Å². The van der Waals surface area contributed by atoms with Crippen LogP contribution in [-0.4, -0.2) is 38.8 Å². The first-order valence-electron chi connectivity index (χ1n) is 5.90. The van der Waals surface area contributed by atoms with Crippen molar-refractivity contribution in [2.75, 3.05) is 24.6 Å². The summed E-state index contributed by atoms with van der Waals surface area (Å²) in [5.74, 6) is 0.703. The molecule has 94 valence electrons. The highest BCUT2D eigenvalue weighted by Gasteiger charge is 2.28. The van der Waals surface area contributed by atoms with E-state index in [0.717, 1.165) is 13.1 Å². The quantitative estimate of drug-likeness (QED) is 0.716. The van der Waals surface area contributed by atoms with Crippen molar-refractivity contribution < 1.29 is 13.2 Å². The molecule has 1 heterocycles. The molecule has 1 aliphatic heterocycles. The van der Waals surface area contributed by atoms with Crippen LogP contribution >= 0.6 is 0 Å². The molecule has 0 aromatic rings. The van der Waals surface area contributed by atoms with Gasteiger partial charge in [-0.1, -0.05) is 13.8 Å². The number of rotatable bonds is 7. The van der Waals surface area contributed by atoms with Gasteiger partial charge in [-0.3, -0.25) is 4.79 Å². The van der Waals surface area contributed by atoms with Crippen molar-refractivity contribution >= 4 is 15.6 Å². The third kappa shape index (κ3) is 3.87. The fraction of sp³-hybridized carbons (Fsp3) is 0.909. The summed E-state index contributed by atoms with van der Waals surface area (Å²) in [5, 5.41) is 3.12. The highest BCUT2D eigenvalue weighted by Crippen LogP contribution is 2.18. The Kier molecular flexibility index (Phi) is 4.92. The Balaban J connectivity index is 2.34. The average molecular weight is 247 g/mol. The van der Waals surface area contributed by atoms with Crippen LogP contribution in [0.1, 0.15) is 26.7 Å². The predicted octanol–water partition coefficient (Wildman–Crippen LogP) is 0.626. The lowest BCUT2D eigenvalue weighted by molar-refractivity contribution is -0.124. The van der Waals surface area contributed by atoms with Crippen molar-refractivity contribution in [2.45, 2.75) is 26.7 Å². The minimum absolute atomic E-state index is 0.00178. The lowest BCUT2D eigenvalue weighted by Gasteiger charge is -2.31. The molecule has 5 heteroatoms. The molecule has 0 saturated carbocycles. The SMILES string of the molecule is CCCS(=O)(=O)CCC(=O)C(C)C1CNC1. The van der Waals surface area contributed by atoms with Crippen molar-refractivity contribution in [3.8, 4) is 0 Å². The highest BCUT2D eigenvalue weighted by atomic mass is 32.2. The van der Waals surface area contributed by atoms with Crippen molar-refractivity contribution in [1.29, 1.82) is 0 Å². The molecule has 0 radical (unpaired) electrons. The molecular formula is C11H21NO3S. The molecule has 0 amide bonds. The molecule has 1 fully saturated rings. The summed E-state index contributed by atoms with van der Waals surface area (Å²) in [7, 11) is -3.01. The molecule has 0 bridgehead atoms. The fourth-order valence-electron chi connectivity index (χ4n) is 1.82. The predicted molar refractivity (Wildman–Crippen MR) is 64.1 cm³/mol. The molecule has 1 aliphatic rings. The molecule has 4 nitrogen and oxygen atoms in total. The third-order valence-electron chi connectivity index (χ3n) is 3.20. The van der Waals surface area contributed by atoms with E-state index < -0.39 is 9.84 Å². The molecule has 1 saturated heterocycles. The van der Waals surface area contributed by atoms with E-state index in [-0.39, 0.29) is 29.6 Å².